The Hall–Kier alpha value is -1.71. The molecule has 0 atom stereocenters. The first kappa shape index (κ1) is 14.2. The molecule has 8 nitrogen and oxygen atoms in total. The molecule has 0 saturated heterocycles. The molecule has 1 fully saturated rings. The fourth-order valence-electron chi connectivity index (χ4n) is 2.01. The van der Waals surface area contributed by atoms with Gasteiger partial charge in [0.2, 0.25) is 0 Å². The summed E-state index contributed by atoms with van der Waals surface area (Å²) in [6.07, 6.45) is 7.25. The van der Waals surface area contributed by atoms with E-state index in [1.807, 2.05) is 0 Å². The van der Waals surface area contributed by atoms with Crippen molar-refractivity contribution in [1.29, 1.82) is 0 Å². The topological polar surface area (TPSA) is 105 Å². The van der Waals surface area contributed by atoms with E-state index >= 15 is 0 Å². The van der Waals surface area contributed by atoms with Crippen LogP contribution >= 0.6 is 0 Å². The first-order valence-electron chi connectivity index (χ1n) is 6.77. The van der Waals surface area contributed by atoms with Gasteiger partial charge in [-0.15, -0.1) is 0 Å². The third-order valence-electron chi connectivity index (χ3n) is 3.33. The van der Waals surface area contributed by atoms with E-state index in [1.165, 1.54) is 0 Å². The molecule has 1 saturated carbocycles. The lowest BCUT2D eigenvalue weighted by Crippen LogP contribution is -2.25. The number of hydrogen-bond acceptors (Lipinski definition) is 5. The van der Waals surface area contributed by atoms with Crippen LogP contribution in [0.2, 0.25) is 0 Å². The summed E-state index contributed by atoms with van der Waals surface area (Å²) in [7, 11) is -1.82. The third-order valence-corrected chi connectivity index (χ3v) is 4.75. The van der Waals surface area contributed by atoms with Gasteiger partial charge in [0.15, 0.2) is 5.03 Å². The maximum Gasteiger partial charge on any atom is 0.258 e. The second-order valence-corrected chi connectivity index (χ2v) is 6.93. The van der Waals surface area contributed by atoms with E-state index in [4.69, 9.17) is 0 Å². The van der Waals surface area contributed by atoms with Crippen molar-refractivity contribution >= 4 is 10.0 Å². The van der Waals surface area contributed by atoms with Gasteiger partial charge in [-0.3, -0.25) is 9.78 Å². The first-order chi connectivity index (χ1) is 10.0. The van der Waals surface area contributed by atoms with Crippen LogP contribution in [0.15, 0.2) is 23.6 Å². The summed E-state index contributed by atoms with van der Waals surface area (Å²) in [4.78, 5) is 0. The van der Waals surface area contributed by atoms with Crippen molar-refractivity contribution < 1.29 is 8.42 Å². The summed E-state index contributed by atoms with van der Waals surface area (Å²) in [5, 5.41) is 13.8. The van der Waals surface area contributed by atoms with Gasteiger partial charge < -0.3 is 5.32 Å². The molecule has 9 heteroatoms. The van der Waals surface area contributed by atoms with Crippen LogP contribution in [-0.2, 0) is 30.2 Å². The lowest BCUT2D eigenvalue weighted by Gasteiger charge is -2.06. The van der Waals surface area contributed by atoms with Crippen LogP contribution in [0.3, 0.4) is 0 Å². The fourth-order valence-corrected chi connectivity index (χ4v) is 3.16. The Kier molecular flexibility index (Phi) is 3.79. The number of aromatic nitrogens is 4. The zero-order valence-corrected chi connectivity index (χ0v) is 12.5. The Morgan fingerprint density at radius 1 is 1.38 bits per heavy atom. The summed E-state index contributed by atoms with van der Waals surface area (Å²) in [5.74, 6) is 0. The molecule has 3 rings (SSSR count). The Labute approximate surface area is 123 Å². The number of rotatable bonds is 7. The second-order valence-electron chi connectivity index (χ2n) is 5.23. The Balaban J connectivity index is 1.67. The number of nitrogens with one attached hydrogen (secondary N) is 3. The van der Waals surface area contributed by atoms with Gasteiger partial charge >= 0.3 is 0 Å². The quantitative estimate of drug-likeness (QED) is 0.661. The molecule has 0 aromatic carbocycles. The maximum absolute atomic E-state index is 12.3. The number of sulfonamides is 1. The number of aryl methyl sites for hydroxylation is 1. The molecule has 2 heterocycles. The van der Waals surface area contributed by atoms with Crippen LogP contribution in [0.4, 0.5) is 0 Å². The average Bonchev–Trinajstić information content (AvgIpc) is 2.97. The number of nitrogens with zero attached hydrogens (tertiary/aromatic N) is 3. The van der Waals surface area contributed by atoms with E-state index in [0.29, 0.717) is 18.2 Å². The van der Waals surface area contributed by atoms with Gasteiger partial charge in [0.05, 0.1) is 12.4 Å². The van der Waals surface area contributed by atoms with Gasteiger partial charge in [-0.05, 0) is 12.8 Å². The fraction of sp³-hybridized carbons (Fsp3) is 0.500. The van der Waals surface area contributed by atoms with Gasteiger partial charge in [0.1, 0.15) is 0 Å². The molecule has 1 aliphatic rings. The third kappa shape index (κ3) is 3.49. The largest absolute Gasteiger partial charge is 0.310 e. The normalized spacial score (nSPS) is 15.5. The van der Waals surface area contributed by atoms with Crippen molar-refractivity contribution in [1.82, 2.24) is 30.0 Å². The highest BCUT2D eigenvalue weighted by molar-refractivity contribution is 7.89. The van der Waals surface area contributed by atoms with Gasteiger partial charge in [-0.1, -0.05) is 0 Å². The minimum Gasteiger partial charge on any atom is -0.310 e. The Bertz CT molecular complexity index is 716. The smallest absolute Gasteiger partial charge is 0.258 e. The average molecular weight is 310 g/mol. The molecule has 21 heavy (non-hydrogen) atoms. The van der Waals surface area contributed by atoms with Crippen LogP contribution in [-0.4, -0.2) is 34.4 Å². The van der Waals surface area contributed by atoms with Crippen LogP contribution in [0.25, 0.3) is 0 Å². The predicted octanol–water partition coefficient (Wildman–Crippen LogP) is -0.126. The van der Waals surface area contributed by atoms with E-state index in [2.05, 4.69) is 25.3 Å². The molecule has 3 N–H and O–H groups in total. The highest BCUT2D eigenvalue weighted by Crippen LogP contribution is 2.20. The molecule has 2 aromatic rings. The van der Waals surface area contributed by atoms with E-state index in [-0.39, 0.29) is 11.6 Å². The van der Waals surface area contributed by atoms with Gasteiger partial charge in [0, 0.05) is 43.5 Å². The monoisotopic (exact) mass is 310 g/mol. The maximum atomic E-state index is 12.3. The van der Waals surface area contributed by atoms with Crippen molar-refractivity contribution in [3.05, 3.63) is 29.7 Å². The molecule has 2 aromatic heterocycles. The minimum atomic E-state index is -3.61. The number of H-pyrrole nitrogens is 1. The first-order valence-corrected chi connectivity index (χ1v) is 8.26. The molecular formula is C12H18N6O2S. The number of hydrogen-bond donors (Lipinski definition) is 3. The highest BCUT2D eigenvalue weighted by Gasteiger charge is 2.24. The van der Waals surface area contributed by atoms with Crippen LogP contribution < -0.4 is 10.0 Å². The lowest BCUT2D eigenvalue weighted by atomic mass is 10.3. The van der Waals surface area contributed by atoms with Gasteiger partial charge in [-0.2, -0.15) is 10.2 Å². The molecule has 0 unspecified atom stereocenters. The van der Waals surface area contributed by atoms with Crippen LogP contribution in [0.1, 0.15) is 24.0 Å². The van der Waals surface area contributed by atoms with Crippen molar-refractivity contribution in [2.45, 2.75) is 37.0 Å². The highest BCUT2D eigenvalue weighted by atomic mass is 32.2. The lowest BCUT2D eigenvalue weighted by molar-refractivity contribution is 0.573. The van der Waals surface area contributed by atoms with E-state index < -0.39 is 10.0 Å². The summed E-state index contributed by atoms with van der Waals surface area (Å²) in [6, 6.07) is 0.513. The van der Waals surface area contributed by atoms with E-state index in [0.717, 1.165) is 18.4 Å². The summed E-state index contributed by atoms with van der Waals surface area (Å²) in [5.41, 5.74) is 1.46. The summed E-state index contributed by atoms with van der Waals surface area (Å²) in [6.45, 7) is 0.703. The SMILES string of the molecule is Cn1cc(CNS(=O)(=O)c2[nH]ncc2CNC2CC2)cn1. The van der Waals surface area contributed by atoms with Crippen molar-refractivity contribution in [3.8, 4) is 0 Å². The summed E-state index contributed by atoms with van der Waals surface area (Å²) < 4.78 is 28.8. The summed E-state index contributed by atoms with van der Waals surface area (Å²) >= 11 is 0. The molecule has 1 aliphatic carbocycles. The molecule has 0 bridgehead atoms. The van der Waals surface area contributed by atoms with E-state index in [1.54, 1.807) is 30.3 Å². The Morgan fingerprint density at radius 2 is 2.19 bits per heavy atom. The zero-order chi connectivity index (χ0) is 14.9. The molecular weight excluding hydrogens is 292 g/mol. The molecule has 114 valence electrons. The van der Waals surface area contributed by atoms with Gasteiger partial charge in [0.25, 0.3) is 10.0 Å². The predicted molar refractivity (Wildman–Crippen MR) is 75.7 cm³/mol. The van der Waals surface area contributed by atoms with Crippen molar-refractivity contribution in [2.24, 2.45) is 7.05 Å². The molecule has 0 radical (unpaired) electrons. The molecule has 0 spiro atoms. The second kappa shape index (κ2) is 5.58. The minimum absolute atomic E-state index is 0.125. The van der Waals surface area contributed by atoms with E-state index in [9.17, 15) is 8.42 Å². The zero-order valence-electron chi connectivity index (χ0n) is 11.7. The van der Waals surface area contributed by atoms with Crippen molar-refractivity contribution in [3.63, 3.8) is 0 Å². The van der Waals surface area contributed by atoms with Crippen molar-refractivity contribution in [2.75, 3.05) is 0 Å². The molecule has 0 aliphatic heterocycles. The van der Waals surface area contributed by atoms with Crippen LogP contribution in [0, 0.1) is 0 Å². The standard InChI is InChI=1S/C12H18N6O2S/c1-18-8-9(4-15-18)5-16-21(19,20)12-10(7-14-17-12)6-13-11-2-3-11/h4,7-8,11,13,16H,2-3,5-6H2,1H3,(H,14,17). The van der Waals surface area contributed by atoms with Gasteiger partial charge in [-0.25, -0.2) is 13.1 Å². The molecule has 0 amide bonds. The number of aromatic amines is 1. The van der Waals surface area contributed by atoms with Crippen LogP contribution in [0.5, 0.6) is 0 Å². The Morgan fingerprint density at radius 3 is 2.86 bits per heavy atom.